The first-order chi connectivity index (χ1) is 13.3. The van der Waals surface area contributed by atoms with E-state index < -0.39 is 11.8 Å². The quantitative estimate of drug-likeness (QED) is 0.618. The molecule has 1 fully saturated rings. The Morgan fingerprint density at radius 1 is 1.00 bits per heavy atom. The largest absolute Gasteiger partial charge is 0.478 e. The highest BCUT2D eigenvalue weighted by molar-refractivity contribution is 6.02. The van der Waals surface area contributed by atoms with Gasteiger partial charge in [-0.15, -0.1) is 0 Å². The van der Waals surface area contributed by atoms with Crippen LogP contribution in [0.5, 0.6) is 0 Å². The number of piperazine rings is 1. The maximum atomic E-state index is 14.3. The number of Topliss-reactive ketones (excluding diaryl/α,β-unsaturated/α-hetero) is 1. The first-order valence-electron chi connectivity index (χ1n) is 8.75. The van der Waals surface area contributed by atoms with Crippen molar-refractivity contribution in [1.29, 1.82) is 0 Å². The number of carbonyl (C=O) groups is 3. The number of hydrogen-bond donors (Lipinski definition) is 2. The minimum Gasteiger partial charge on any atom is -0.478 e. The van der Waals surface area contributed by atoms with Crippen LogP contribution in [-0.4, -0.2) is 53.8 Å². The van der Waals surface area contributed by atoms with Gasteiger partial charge in [0.25, 0.3) is 5.91 Å². The number of ketones is 1. The fourth-order valence-corrected chi connectivity index (χ4v) is 3.18. The molecule has 146 valence electrons. The van der Waals surface area contributed by atoms with Gasteiger partial charge in [0.1, 0.15) is 5.82 Å². The fourth-order valence-electron chi connectivity index (χ4n) is 3.18. The van der Waals surface area contributed by atoms with Gasteiger partial charge in [-0.3, -0.25) is 9.59 Å². The predicted octanol–water partition coefficient (Wildman–Crippen LogP) is 2.27. The van der Waals surface area contributed by atoms with E-state index in [1.807, 2.05) is 0 Å². The van der Waals surface area contributed by atoms with Crippen LogP contribution in [-0.2, 0) is 0 Å². The van der Waals surface area contributed by atoms with Crippen molar-refractivity contribution in [2.45, 2.75) is 6.92 Å². The molecule has 0 aromatic heterocycles. The van der Waals surface area contributed by atoms with Gasteiger partial charge in [-0.25, -0.2) is 9.18 Å². The smallest absolute Gasteiger partial charge is 0.335 e. The Bertz CT molecular complexity index is 952. The van der Waals surface area contributed by atoms with E-state index in [9.17, 15) is 18.8 Å². The van der Waals surface area contributed by atoms with Crippen molar-refractivity contribution >= 4 is 29.0 Å². The molecule has 0 aliphatic carbocycles. The Morgan fingerprint density at radius 2 is 1.64 bits per heavy atom. The third-order valence-corrected chi connectivity index (χ3v) is 4.79. The summed E-state index contributed by atoms with van der Waals surface area (Å²) in [5.74, 6) is -2.18. The van der Waals surface area contributed by atoms with E-state index in [0.717, 1.165) is 0 Å². The Kier molecular flexibility index (Phi) is 5.30. The average Bonchev–Trinajstić information content (AvgIpc) is 2.67. The molecule has 1 heterocycles. The Balaban J connectivity index is 1.72. The SMILES string of the molecule is CC(=O)c1ccc(N2CCN(C(=O)c3cc(C(=O)O)ccc3N)CC2)c(F)c1. The maximum absolute atomic E-state index is 14.3. The summed E-state index contributed by atoms with van der Waals surface area (Å²) in [6.07, 6.45) is 0. The lowest BCUT2D eigenvalue weighted by molar-refractivity contribution is 0.0696. The second-order valence-corrected chi connectivity index (χ2v) is 6.61. The van der Waals surface area contributed by atoms with Crippen LogP contribution < -0.4 is 10.6 Å². The summed E-state index contributed by atoms with van der Waals surface area (Å²) < 4.78 is 14.3. The van der Waals surface area contributed by atoms with Crippen LogP contribution in [0.4, 0.5) is 15.8 Å². The number of nitrogens with zero attached hydrogens (tertiary/aromatic N) is 2. The molecule has 2 aromatic rings. The summed E-state index contributed by atoms with van der Waals surface area (Å²) in [5.41, 5.74) is 6.88. The zero-order chi connectivity index (χ0) is 20.4. The molecule has 0 saturated carbocycles. The van der Waals surface area contributed by atoms with E-state index in [-0.39, 0.29) is 28.5 Å². The van der Waals surface area contributed by atoms with Gasteiger partial charge >= 0.3 is 5.97 Å². The summed E-state index contributed by atoms with van der Waals surface area (Å²) >= 11 is 0. The first-order valence-corrected chi connectivity index (χ1v) is 8.75. The molecule has 1 saturated heterocycles. The molecule has 0 spiro atoms. The number of nitrogens with two attached hydrogens (primary N) is 1. The van der Waals surface area contributed by atoms with E-state index in [4.69, 9.17) is 10.8 Å². The summed E-state index contributed by atoms with van der Waals surface area (Å²) in [4.78, 5) is 38.6. The number of benzene rings is 2. The van der Waals surface area contributed by atoms with Gasteiger partial charge in [0.2, 0.25) is 0 Å². The van der Waals surface area contributed by atoms with Gasteiger partial charge in [-0.05, 0) is 43.3 Å². The minimum absolute atomic E-state index is 0.0104. The number of anilines is 2. The summed E-state index contributed by atoms with van der Waals surface area (Å²) in [5, 5.41) is 9.10. The average molecular weight is 385 g/mol. The molecule has 1 amide bonds. The molecule has 0 unspecified atom stereocenters. The number of carbonyl (C=O) groups excluding carboxylic acids is 2. The highest BCUT2D eigenvalue weighted by Crippen LogP contribution is 2.24. The van der Waals surface area contributed by atoms with E-state index in [1.165, 1.54) is 31.2 Å². The Hall–Kier alpha value is -3.42. The topological polar surface area (TPSA) is 104 Å². The standard InChI is InChI=1S/C20H20FN3O4/c1-12(25)13-3-5-18(16(21)11-13)23-6-8-24(9-7-23)19(26)15-10-14(20(27)28)2-4-17(15)22/h2-5,10-11H,6-9,22H2,1H3,(H,27,28). The third kappa shape index (κ3) is 3.80. The van der Waals surface area contributed by atoms with Crippen LogP contribution in [0.1, 0.15) is 38.0 Å². The molecule has 0 atom stereocenters. The number of hydrogen-bond acceptors (Lipinski definition) is 5. The van der Waals surface area contributed by atoms with Gasteiger partial charge in [0.05, 0.1) is 16.8 Å². The zero-order valence-electron chi connectivity index (χ0n) is 15.3. The number of halogens is 1. The summed E-state index contributed by atoms with van der Waals surface area (Å²) in [7, 11) is 0. The van der Waals surface area contributed by atoms with Crippen molar-refractivity contribution in [2.75, 3.05) is 36.8 Å². The van der Waals surface area contributed by atoms with E-state index in [2.05, 4.69) is 0 Å². The predicted molar refractivity (Wildman–Crippen MR) is 102 cm³/mol. The van der Waals surface area contributed by atoms with Gasteiger partial charge in [-0.2, -0.15) is 0 Å². The van der Waals surface area contributed by atoms with Crippen LogP contribution in [0.3, 0.4) is 0 Å². The van der Waals surface area contributed by atoms with Crippen LogP contribution in [0.2, 0.25) is 0 Å². The molecule has 1 aliphatic rings. The lowest BCUT2D eigenvalue weighted by Gasteiger charge is -2.36. The third-order valence-electron chi connectivity index (χ3n) is 4.79. The Morgan fingerprint density at radius 3 is 2.21 bits per heavy atom. The van der Waals surface area contributed by atoms with Gasteiger partial charge in [0.15, 0.2) is 5.78 Å². The van der Waals surface area contributed by atoms with Gasteiger partial charge in [-0.1, -0.05) is 0 Å². The van der Waals surface area contributed by atoms with Crippen molar-refractivity contribution < 1.29 is 23.9 Å². The number of nitrogen functional groups attached to an aromatic ring is 1. The highest BCUT2D eigenvalue weighted by atomic mass is 19.1. The minimum atomic E-state index is -1.14. The molecular formula is C20H20FN3O4. The number of rotatable bonds is 4. The van der Waals surface area contributed by atoms with Crippen molar-refractivity contribution in [3.8, 4) is 0 Å². The molecule has 0 radical (unpaired) electrons. The molecular weight excluding hydrogens is 365 g/mol. The molecule has 8 heteroatoms. The summed E-state index contributed by atoms with van der Waals surface area (Å²) in [6, 6.07) is 8.38. The van der Waals surface area contributed by atoms with Crippen molar-refractivity contribution in [3.63, 3.8) is 0 Å². The van der Waals surface area contributed by atoms with E-state index >= 15 is 0 Å². The Labute approximate surface area is 161 Å². The van der Waals surface area contributed by atoms with Crippen molar-refractivity contribution in [2.24, 2.45) is 0 Å². The number of aromatic carboxylic acids is 1. The van der Waals surface area contributed by atoms with Crippen LogP contribution in [0.15, 0.2) is 36.4 Å². The fraction of sp³-hybridized carbons (Fsp3) is 0.250. The van der Waals surface area contributed by atoms with E-state index in [0.29, 0.717) is 37.4 Å². The number of amides is 1. The zero-order valence-corrected chi connectivity index (χ0v) is 15.3. The molecule has 2 aromatic carbocycles. The van der Waals surface area contributed by atoms with Crippen molar-refractivity contribution in [3.05, 3.63) is 58.9 Å². The maximum Gasteiger partial charge on any atom is 0.335 e. The second-order valence-electron chi connectivity index (χ2n) is 6.61. The lowest BCUT2D eigenvalue weighted by Crippen LogP contribution is -2.49. The summed E-state index contributed by atoms with van der Waals surface area (Å²) in [6.45, 7) is 2.86. The van der Waals surface area contributed by atoms with Gasteiger partial charge < -0.3 is 20.6 Å². The molecule has 3 N–H and O–H groups in total. The lowest BCUT2D eigenvalue weighted by atomic mass is 10.1. The van der Waals surface area contributed by atoms with Crippen LogP contribution in [0, 0.1) is 5.82 Å². The number of carboxylic acid groups (broad SMARTS) is 1. The normalized spacial score (nSPS) is 14.1. The molecule has 0 bridgehead atoms. The first kappa shape index (κ1) is 19.3. The van der Waals surface area contributed by atoms with Crippen LogP contribution >= 0.6 is 0 Å². The molecule has 28 heavy (non-hydrogen) atoms. The molecule has 3 rings (SSSR count). The second kappa shape index (κ2) is 7.67. The monoisotopic (exact) mass is 385 g/mol. The van der Waals surface area contributed by atoms with E-state index in [1.54, 1.807) is 21.9 Å². The molecule has 1 aliphatic heterocycles. The molecule has 7 nitrogen and oxygen atoms in total. The number of carboxylic acids is 1. The highest BCUT2D eigenvalue weighted by Gasteiger charge is 2.25. The van der Waals surface area contributed by atoms with Crippen molar-refractivity contribution in [1.82, 2.24) is 4.90 Å². The van der Waals surface area contributed by atoms with Crippen LogP contribution in [0.25, 0.3) is 0 Å². The van der Waals surface area contributed by atoms with Gasteiger partial charge in [0, 0.05) is 37.4 Å².